The molecule has 2 aromatic carbocycles. The van der Waals surface area contributed by atoms with Crippen LogP contribution < -0.4 is 14.0 Å². The second-order valence-corrected chi connectivity index (χ2v) is 20.3. The number of fused-ring (bicyclic) bond motifs is 1. The predicted octanol–water partition coefficient (Wildman–Crippen LogP) is 5.62. The molecule has 0 spiro atoms. The van der Waals surface area contributed by atoms with Crippen molar-refractivity contribution in [1.29, 1.82) is 0 Å². The van der Waals surface area contributed by atoms with Crippen LogP contribution in [0.15, 0.2) is 54.6 Å². The van der Waals surface area contributed by atoms with Crippen molar-refractivity contribution in [2.75, 3.05) is 8.67 Å². The SMILES string of the molecule is C[Si](C)(C)N1c2ccccc2N([Si](C)(C)C)P1c1ccccc1. The van der Waals surface area contributed by atoms with Crippen LogP contribution in [0.5, 0.6) is 0 Å². The Bertz CT molecular complexity index is 651. The lowest BCUT2D eigenvalue weighted by atomic mass is 10.3. The molecule has 0 amide bonds. The summed E-state index contributed by atoms with van der Waals surface area (Å²) in [5.41, 5.74) is 2.90. The fourth-order valence-corrected chi connectivity index (χ4v) is 12.9. The van der Waals surface area contributed by atoms with Crippen molar-refractivity contribution in [3.63, 3.8) is 0 Å². The Morgan fingerprint density at radius 2 is 1.00 bits per heavy atom. The quantitative estimate of drug-likeness (QED) is 0.519. The normalized spacial score (nSPS) is 15.9. The third-order valence-corrected chi connectivity index (χ3v) is 13.7. The Balaban J connectivity index is 2.25. The van der Waals surface area contributed by atoms with Crippen LogP contribution in [0.2, 0.25) is 39.3 Å². The van der Waals surface area contributed by atoms with Gasteiger partial charge in [-0.1, -0.05) is 81.7 Å². The summed E-state index contributed by atoms with van der Waals surface area (Å²) in [5.74, 6) is 0. The van der Waals surface area contributed by atoms with Gasteiger partial charge in [-0.2, -0.15) is 0 Å². The van der Waals surface area contributed by atoms with E-state index in [-0.39, 0.29) is 0 Å². The molecular weight excluding hydrogens is 331 g/mol. The van der Waals surface area contributed by atoms with Crippen LogP contribution in [-0.4, -0.2) is 16.5 Å². The zero-order valence-corrected chi connectivity index (χ0v) is 17.9. The minimum atomic E-state index is -1.50. The molecule has 0 fully saturated rings. The highest BCUT2D eigenvalue weighted by Gasteiger charge is 2.47. The van der Waals surface area contributed by atoms with Crippen LogP contribution in [0.4, 0.5) is 11.4 Å². The van der Waals surface area contributed by atoms with Gasteiger partial charge in [-0.25, -0.2) is 0 Å². The standard InChI is InChI=1S/C18H27N2PSi2/c1-22(2,3)19-17-14-10-11-15-18(17)20(23(4,5)6)21(19)16-12-8-7-9-13-16/h7-15H,1-6H3. The van der Waals surface area contributed by atoms with Crippen molar-refractivity contribution in [1.82, 2.24) is 0 Å². The topological polar surface area (TPSA) is 6.48 Å². The van der Waals surface area contributed by atoms with E-state index in [0.29, 0.717) is 0 Å². The van der Waals surface area contributed by atoms with E-state index < -0.39 is 24.7 Å². The van der Waals surface area contributed by atoms with Crippen molar-refractivity contribution in [2.45, 2.75) is 39.3 Å². The van der Waals surface area contributed by atoms with Crippen LogP contribution in [0.1, 0.15) is 0 Å². The Kier molecular flexibility index (Phi) is 4.20. The van der Waals surface area contributed by atoms with Crippen molar-refractivity contribution in [3.05, 3.63) is 54.6 Å². The lowest BCUT2D eigenvalue weighted by Crippen LogP contribution is -2.49. The molecule has 0 aliphatic carbocycles. The van der Waals surface area contributed by atoms with Crippen LogP contribution in [0, 0.1) is 0 Å². The molecule has 0 radical (unpaired) electrons. The van der Waals surface area contributed by atoms with E-state index in [9.17, 15) is 0 Å². The molecule has 3 rings (SSSR count). The van der Waals surface area contributed by atoms with Crippen LogP contribution >= 0.6 is 8.22 Å². The van der Waals surface area contributed by atoms with Crippen molar-refractivity contribution < 1.29 is 0 Å². The first-order chi connectivity index (χ1) is 10.7. The van der Waals surface area contributed by atoms with Gasteiger partial charge in [0.25, 0.3) is 0 Å². The number of nitrogens with zero attached hydrogens (tertiary/aromatic N) is 2. The molecule has 1 aliphatic rings. The fourth-order valence-electron chi connectivity index (χ4n) is 3.20. The van der Waals surface area contributed by atoms with E-state index in [1.807, 2.05) is 0 Å². The van der Waals surface area contributed by atoms with Gasteiger partial charge < -0.3 is 8.67 Å². The third-order valence-electron chi connectivity index (χ3n) is 3.97. The smallest absolute Gasteiger partial charge is 0.154 e. The van der Waals surface area contributed by atoms with Crippen molar-refractivity contribution in [2.24, 2.45) is 0 Å². The maximum atomic E-state index is 2.80. The maximum absolute atomic E-state index is 2.80. The predicted molar refractivity (Wildman–Crippen MR) is 111 cm³/mol. The minimum absolute atomic E-state index is 0.480. The number of hydrogen-bond donors (Lipinski definition) is 0. The molecule has 0 aromatic heterocycles. The summed E-state index contributed by atoms with van der Waals surface area (Å²) in [6.45, 7) is 14.8. The highest BCUT2D eigenvalue weighted by atomic mass is 31.1. The lowest BCUT2D eigenvalue weighted by Gasteiger charge is -2.44. The Hall–Kier alpha value is -1.10. The first-order valence-electron chi connectivity index (χ1n) is 8.26. The number of benzene rings is 2. The molecule has 2 nitrogen and oxygen atoms in total. The molecule has 1 heterocycles. The van der Waals surface area contributed by atoms with Gasteiger partial charge >= 0.3 is 0 Å². The van der Waals surface area contributed by atoms with E-state index in [0.717, 1.165) is 0 Å². The Morgan fingerprint density at radius 1 is 0.609 bits per heavy atom. The number of hydrogen-bond acceptors (Lipinski definition) is 2. The molecule has 23 heavy (non-hydrogen) atoms. The molecule has 2 aromatic rings. The molecule has 0 atom stereocenters. The van der Waals surface area contributed by atoms with Crippen molar-refractivity contribution in [3.8, 4) is 0 Å². The molecule has 0 unspecified atom stereocenters. The largest absolute Gasteiger partial charge is 0.357 e. The highest BCUT2D eigenvalue weighted by Crippen LogP contribution is 2.62. The summed E-state index contributed by atoms with van der Waals surface area (Å²) in [7, 11) is -3.48. The second kappa shape index (κ2) is 5.76. The Morgan fingerprint density at radius 3 is 1.39 bits per heavy atom. The molecular formula is C18H27N2PSi2. The fraction of sp³-hybridized carbons (Fsp3) is 0.333. The molecule has 0 saturated carbocycles. The first-order valence-corrected chi connectivity index (χ1v) is 16.4. The van der Waals surface area contributed by atoms with E-state index in [4.69, 9.17) is 0 Å². The van der Waals surface area contributed by atoms with Gasteiger partial charge in [0.2, 0.25) is 0 Å². The van der Waals surface area contributed by atoms with Gasteiger partial charge in [-0.15, -0.1) is 0 Å². The second-order valence-electron chi connectivity index (χ2n) is 8.08. The van der Waals surface area contributed by atoms with E-state index >= 15 is 0 Å². The van der Waals surface area contributed by atoms with E-state index in [1.165, 1.54) is 16.7 Å². The average molecular weight is 359 g/mol. The van der Waals surface area contributed by atoms with Gasteiger partial charge in [0, 0.05) is 5.30 Å². The van der Waals surface area contributed by atoms with Crippen LogP contribution in [0.3, 0.4) is 0 Å². The monoisotopic (exact) mass is 358 g/mol. The van der Waals surface area contributed by atoms with Gasteiger partial charge in [0.05, 0.1) is 11.4 Å². The van der Waals surface area contributed by atoms with Gasteiger partial charge in [-0.3, -0.25) is 0 Å². The zero-order valence-electron chi connectivity index (χ0n) is 15.0. The molecule has 0 N–H and O–H groups in total. The number of anilines is 2. The molecule has 0 bridgehead atoms. The summed E-state index contributed by atoms with van der Waals surface area (Å²) in [5, 5.41) is 1.48. The van der Waals surface area contributed by atoms with Crippen molar-refractivity contribution >= 4 is 41.4 Å². The maximum Gasteiger partial charge on any atom is 0.154 e. The third kappa shape index (κ3) is 3.00. The number of para-hydroxylation sites is 2. The lowest BCUT2D eigenvalue weighted by molar-refractivity contribution is 1.47. The summed E-state index contributed by atoms with van der Waals surface area (Å²) in [6.07, 6.45) is 0. The highest BCUT2D eigenvalue weighted by molar-refractivity contribution is 7.74. The van der Waals surface area contributed by atoms with Gasteiger partial charge in [-0.05, 0) is 12.1 Å². The zero-order chi connectivity index (χ0) is 16.8. The summed E-state index contributed by atoms with van der Waals surface area (Å²) >= 11 is 0. The summed E-state index contributed by atoms with van der Waals surface area (Å²) in [6, 6.07) is 20.2. The summed E-state index contributed by atoms with van der Waals surface area (Å²) in [4.78, 5) is 0. The molecule has 0 saturated heterocycles. The average Bonchev–Trinajstić information content (AvgIpc) is 2.83. The van der Waals surface area contributed by atoms with Crippen LogP contribution in [-0.2, 0) is 0 Å². The number of rotatable bonds is 3. The van der Waals surface area contributed by atoms with Gasteiger partial charge in [0.1, 0.15) is 8.22 Å². The van der Waals surface area contributed by atoms with Crippen LogP contribution in [0.25, 0.3) is 0 Å². The Labute approximate surface area is 144 Å². The molecule has 5 heteroatoms. The summed E-state index contributed by atoms with van der Waals surface area (Å²) < 4.78 is 5.59. The first kappa shape index (κ1) is 16.8. The van der Waals surface area contributed by atoms with Gasteiger partial charge in [0.15, 0.2) is 16.5 Å². The minimum Gasteiger partial charge on any atom is -0.357 e. The van der Waals surface area contributed by atoms with E-state index in [2.05, 4.69) is 103 Å². The molecule has 122 valence electrons. The molecule has 1 aliphatic heterocycles. The van der Waals surface area contributed by atoms with E-state index in [1.54, 1.807) is 0 Å².